The predicted molar refractivity (Wildman–Crippen MR) is 106 cm³/mol. The van der Waals surface area contributed by atoms with Crippen molar-refractivity contribution in [1.29, 1.82) is 5.26 Å². The molecule has 0 aliphatic carbocycles. The standard InChI is InChI=1S/C23H21N3O2/c1-15(16-8-4-2-5-9-16)26-13-19(27)22-20(14-26)28-23(25)18(12-24)21(22)17-10-6-3-7-11-17/h2-11,15,21H,13-14,25H2,1H3/t15-,21-/m1/s1. The number of benzene rings is 2. The SMILES string of the molecule is C[C@H](c1ccccc1)N1CC(=O)C2=C(C1)OC(N)=C(C#N)[C@H]2c1ccccc1. The summed E-state index contributed by atoms with van der Waals surface area (Å²) in [5.74, 6) is 0.122. The van der Waals surface area contributed by atoms with Gasteiger partial charge in [-0.15, -0.1) is 0 Å². The number of Topliss-reactive ketones (excluding diaryl/α,β-unsaturated/α-hetero) is 1. The van der Waals surface area contributed by atoms with E-state index in [1.54, 1.807) is 0 Å². The Bertz CT molecular complexity index is 1000. The van der Waals surface area contributed by atoms with Gasteiger partial charge in [-0.25, -0.2) is 0 Å². The van der Waals surface area contributed by atoms with Gasteiger partial charge in [-0.05, 0) is 18.1 Å². The zero-order chi connectivity index (χ0) is 19.7. The monoisotopic (exact) mass is 371 g/mol. The van der Waals surface area contributed by atoms with E-state index in [0.717, 1.165) is 11.1 Å². The average Bonchev–Trinajstić information content (AvgIpc) is 2.73. The Hall–Kier alpha value is -3.36. The maximum Gasteiger partial charge on any atom is 0.205 e. The van der Waals surface area contributed by atoms with Gasteiger partial charge in [-0.2, -0.15) is 5.26 Å². The number of carbonyl (C=O) groups is 1. The lowest BCUT2D eigenvalue weighted by molar-refractivity contribution is -0.118. The second-order valence-electron chi connectivity index (χ2n) is 7.09. The molecule has 0 saturated heterocycles. The van der Waals surface area contributed by atoms with E-state index in [2.05, 4.69) is 30.0 Å². The smallest absolute Gasteiger partial charge is 0.205 e. The molecule has 2 N–H and O–H groups in total. The fraction of sp³-hybridized carbons (Fsp3) is 0.217. The summed E-state index contributed by atoms with van der Waals surface area (Å²) in [5, 5.41) is 9.65. The summed E-state index contributed by atoms with van der Waals surface area (Å²) in [7, 11) is 0. The maximum absolute atomic E-state index is 13.2. The third kappa shape index (κ3) is 3.08. The van der Waals surface area contributed by atoms with Crippen molar-refractivity contribution in [2.75, 3.05) is 13.1 Å². The quantitative estimate of drug-likeness (QED) is 0.895. The van der Waals surface area contributed by atoms with Crippen LogP contribution in [0.5, 0.6) is 0 Å². The van der Waals surface area contributed by atoms with E-state index in [4.69, 9.17) is 10.5 Å². The molecule has 0 bridgehead atoms. The first-order chi connectivity index (χ1) is 13.6. The van der Waals surface area contributed by atoms with Gasteiger partial charge in [0.15, 0.2) is 5.78 Å². The summed E-state index contributed by atoms with van der Waals surface area (Å²) in [4.78, 5) is 15.2. The second-order valence-corrected chi connectivity index (χ2v) is 7.09. The molecule has 0 radical (unpaired) electrons. The summed E-state index contributed by atoms with van der Waals surface area (Å²) < 4.78 is 5.78. The van der Waals surface area contributed by atoms with E-state index in [1.807, 2.05) is 48.5 Å². The van der Waals surface area contributed by atoms with Crippen molar-refractivity contribution in [1.82, 2.24) is 4.90 Å². The number of rotatable bonds is 3. The fourth-order valence-corrected chi connectivity index (χ4v) is 3.95. The van der Waals surface area contributed by atoms with Gasteiger partial charge in [0.25, 0.3) is 0 Å². The first kappa shape index (κ1) is 18.0. The molecule has 2 aliphatic rings. The van der Waals surface area contributed by atoms with Gasteiger partial charge in [-0.1, -0.05) is 60.7 Å². The Morgan fingerprint density at radius 3 is 2.39 bits per heavy atom. The molecule has 0 amide bonds. The van der Waals surface area contributed by atoms with Crippen LogP contribution in [-0.4, -0.2) is 23.8 Å². The van der Waals surface area contributed by atoms with E-state index in [1.165, 1.54) is 0 Å². The van der Waals surface area contributed by atoms with Crippen LogP contribution in [0.1, 0.15) is 30.0 Å². The number of ketones is 1. The van der Waals surface area contributed by atoms with E-state index in [-0.39, 0.29) is 24.3 Å². The average molecular weight is 371 g/mol. The molecule has 0 spiro atoms. The maximum atomic E-state index is 13.2. The number of hydrogen-bond acceptors (Lipinski definition) is 5. The number of ether oxygens (including phenoxy) is 1. The Kier molecular flexibility index (Phi) is 4.72. The largest absolute Gasteiger partial charge is 0.443 e. The van der Waals surface area contributed by atoms with E-state index < -0.39 is 5.92 Å². The molecule has 4 rings (SSSR count). The Morgan fingerprint density at radius 2 is 1.75 bits per heavy atom. The van der Waals surface area contributed by atoms with Crippen molar-refractivity contribution in [3.05, 3.63) is 94.6 Å². The topological polar surface area (TPSA) is 79.3 Å². The molecule has 2 aliphatic heterocycles. The van der Waals surface area contributed by atoms with Crippen LogP contribution < -0.4 is 5.73 Å². The number of carbonyl (C=O) groups excluding carboxylic acids is 1. The molecule has 0 fully saturated rings. The number of allylic oxidation sites excluding steroid dienone is 1. The zero-order valence-electron chi connectivity index (χ0n) is 15.6. The fourth-order valence-electron chi connectivity index (χ4n) is 3.95. The van der Waals surface area contributed by atoms with Crippen LogP contribution in [0.3, 0.4) is 0 Å². The normalized spacial score (nSPS) is 21.0. The van der Waals surface area contributed by atoms with Gasteiger partial charge >= 0.3 is 0 Å². The second kappa shape index (κ2) is 7.34. The molecule has 140 valence electrons. The minimum absolute atomic E-state index is 0.0295. The molecule has 0 saturated carbocycles. The molecular weight excluding hydrogens is 350 g/mol. The first-order valence-corrected chi connectivity index (χ1v) is 9.28. The van der Waals surface area contributed by atoms with Crippen molar-refractivity contribution < 1.29 is 9.53 Å². The van der Waals surface area contributed by atoms with Crippen LogP contribution in [0.4, 0.5) is 0 Å². The molecule has 2 aromatic carbocycles. The van der Waals surface area contributed by atoms with Crippen LogP contribution in [0.25, 0.3) is 0 Å². The molecule has 28 heavy (non-hydrogen) atoms. The van der Waals surface area contributed by atoms with Crippen molar-refractivity contribution in [2.24, 2.45) is 5.73 Å². The number of nitriles is 1. The predicted octanol–water partition coefficient (Wildman–Crippen LogP) is 3.39. The van der Waals surface area contributed by atoms with Gasteiger partial charge in [0.05, 0.1) is 19.0 Å². The Morgan fingerprint density at radius 1 is 1.11 bits per heavy atom. The van der Waals surface area contributed by atoms with Gasteiger partial charge in [0.1, 0.15) is 17.4 Å². The van der Waals surface area contributed by atoms with Crippen molar-refractivity contribution in [2.45, 2.75) is 18.9 Å². The Balaban J connectivity index is 1.73. The highest BCUT2D eigenvalue weighted by molar-refractivity contribution is 6.01. The number of nitrogens with zero attached hydrogens (tertiary/aromatic N) is 2. The summed E-state index contributed by atoms with van der Waals surface area (Å²) in [6.45, 7) is 2.83. The van der Waals surface area contributed by atoms with Crippen LogP contribution in [0, 0.1) is 11.3 Å². The lowest BCUT2D eigenvalue weighted by Gasteiger charge is -2.38. The van der Waals surface area contributed by atoms with Crippen molar-refractivity contribution >= 4 is 5.78 Å². The molecule has 2 aromatic rings. The van der Waals surface area contributed by atoms with Gasteiger partial charge < -0.3 is 10.5 Å². The molecular formula is C23H21N3O2. The van der Waals surface area contributed by atoms with Crippen LogP contribution in [0.2, 0.25) is 0 Å². The van der Waals surface area contributed by atoms with E-state index >= 15 is 0 Å². The highest BCUT2D eigenvalue weighted by Crippen LogP contribution is 2.42. The number of nitrogens with two attached hydrogens (primary N) is 1. The van der Waals surface area contributed by atoms with Crippen molar-refractivity contribution in [3.63, 3.8) is 0 Å². The highest BCUT2D eigenvalue weighted by atomic mass is 16.5. The third-order valence-electron chi connectivity index (χ3n) is 5.45. The molecule has 2 atom stereocenters. The zero-order valence-corrected chi connectivity index (χ0v) is 15.6. The van der Waals surface area contributed by atoms with Crippen molar-refractivity contribution in [3.8, 4) is 6.07 Å². The molecule has 2 heterocycles. The summed E-state index contributed by atoms with van der Waals surface area (Å²) in [5.41, 5.74) is 8.92. The lowest BCUT2D eigenvalue weighted by Crippen LogP contribution is -2.43. The third-order valence-corrected chi connectivity index (χ3v) is 5.45. The number of hydrogen-bond donors (Lipinski definition) is 1. The van der Waals surface area contributed by atoms with Crippen LogP contribution in [-0.2, 0) is 9.53 Å². The van der Waals surface area contributed by atoms with Gasteiger partial charge in [0.2, 0.25) is 5.88 Å². The molecule has 5 heteroatoms. The van der Waals surface area contributed by atoms with Gasteiger partial charge in [0, 0.05) is 11.6 Å². The van der Waals surface area contributed by atoms with Gasteiger partial charge in [-0.3, -0.25) is 9.69 Å². The molecule has 0 aromatic heterocycles. The van der Waals surface area contributed by atoms with Crippen LogP contribution in [0.15, 0.2) is 83.5 Å². The summed E-state index contributed by atoms with van der Waals surface area (Å²) >= 11 is 0. The lowest BCUT2D eigenvalue weighted by atomic mass is 9.79. The van der Waals surface area contributed by atoms with E-state index in [0.29, 0.717) is 23.5 Å². The minimum atomic E-state index is -0.475. The molecule has 5 nitrogen and oxygen atoms in total. The van der Waals surface area contributed by atoms with E-state index in [9.17, 15) is 10.1 Å². The first-order valence-electron chi connectivity index (χ1n) is 9.28. The van der Waals surface area contributed by atoms with Crippen LogP contribution >= 0.6 is 0 Å². The summed E-state index contributed by atoms with van der Waals surface area (Å²) in [6.07, 6.45) is 0. The minimum Gasteiger partial charge on any atom is -0.443 e. The molecule has 0 unspecified atom stereocenters. The highest BCUT2D eigenvalue weighted by Gasteiger charge is 2.40. The Labute approximate surface area is 164 Å². The summed E-state index contributed by atoms with van der Waals surface area (Å²) in [6, 6.07) is 21.8.